The van der Waals surface area contributed by atoms with Gasteiger partial charge in [-0.15, -0.1) is 0 Å². The average Bonchev–Trinajstić information content (AvgIpc) is 2.89. The van der Waals surface area contributed by atoms with Crippen molar-refractivity contribution in [2.45, 2.75) is 25.7 Å². The first-order chi connectivity index (χ1) is 16.5. The Kier molecular flexibility index (Phi) is 8.79. The molecule has 0 aliphatic heterocycles. The smallest absolute Gasteiger partial charge is 0.337 e. The summed E-state index contributed by atoms with van der Waals surface area (Å²) in [5.74, 6) is 2.88. The molecular formula is C28H32O6. The van der Waals surface area contributed by atoms with E-state index in [1.165, 1.54) is 7.11 Å². The molecule has 34 heavy (non-hydrogen) atoms. The Morgan fingerprint density at radius 3 is 1.56 bits per heavy atom. The first-order valence-electron chi connectivity index (χ1n) is 11.1. The van der Waals surface area contributed by atoms with Crippen molar-refractivity contribution in [3.63, 3.8) is 0 Å². The van der Waals surface area contributed by atoms with Crippen LogP contribution in [0.4, 0.5) is 0 Å². The molecule has 0 aliphatic carbocycles. The number of rotatable bonds is 11. The third-order valence-corrected chi connectivity index (χ3v) is 5.81. The maximum atomic E-state index is 11.7. The highest BCUT2D eigenvalue weighted by Gasteiger charge is 2.14. The summed E-state index contributed by atoms with van der Waals surface area (Å²) in [7, 11) is 8.06. The molecule has 0 aromatic heterocycles. The van der Waals surface area contributed by atoms with E-state index in [1.54, 1.807) is 40.6 Å². The fraction of sp³-hybridized carbons (Fsp3) is 0.321. The second-order valence-electron chi connectivity index (χ2n) is 7.89. The molecule has 3 rings (SSSR count). The largest absolute Gasteiger partial charge is 0.497 e. The maximum Gasteiger partial charge on any atom is 0.337 e. The van der Waals surface area contributed by atoms with Crippen molar-refractivity contribution in [3.8, 4) is 23.0 Å². The van der Waals surface area contributed by atoms with Gasteiger partial charge in [0.2, 0.25) is 0 Å². The summed E-state index contributed by atoms with van der Waals surface area (Å²) in [5, 5.41) is 0. The number of hydrogen-bond acceptors (Lipinski definition) is 6. The van der Waals surface area contributed by atoms with Crippen LogP contribution >= 0.6 is 0 Å². The zero-order valence-electron chi connectivity index (χ0n) is 20.5. The Balaban J connectivity index is 1.79. The first kappa shape index (κ1) is 25.0. The van der Waals surface area contributed by atoms with Crippen LogP contribution in [0.15, 0.2) is 54.6 Å². The van der Waals surface area contributed by atoms with Gasteiger partial charge in [0.05, 0.1) is 41.1 Å². The molecule has 0 amide bonds. The van der Waals surface area contributed by atoms with Crippen LogP contribution in [0.25, 0.3) is 0 Å². The Labute approximate surface area is 201 Å². The molecule has 3 aromatic carbocycles. The van der Waals surface area contributed by atoms with E-state index in [9.17, 15) is 4.79 Å². The second kappa shape index (κ2) is 12.0. The van der Waals surface area contributed by atoms with Crippen molar-refractivity contribution >= 4 is 5.97 Å². The van der Waals surface area contributed by atoms with Gasteiger partial charge in [-0.2, -0.15) is 0 Å². The van der Waals surface area contributed by atoms with Gasteiger partial charge in [-0.25, -0.2) is 4.79 Å². The van der Waals surface area contributed by atoms with Crippen LogP contribution in [0.2, 0.25) is 0 Å². The molecule has 0 fully saturated rings. The quantitative estimate of drug-likeness (QED) is 0.369. The van der Waals surface area contributed by atoms with E-state index < -0.39 is 0 Å². The Hall–Kier alpha value is -3.67. The van der Waals surface area contributed by atoms with Crippen LogP contribution < -0.4 is 18.9 Å². The van der Waals surface area contributed by atoms with E-state index >= 15 is 0 Å². The van der Waals surface area contributed by atoms with Gasteiger partial charge in [0.1, 0.15) is 23.0 Å². The summed E-state index contributed by atoms with van der Waals surface area (Å²) in [6, 6.07) is 17.5. The number of hydrogen-bond donors (Lipinski definition) is 0. The van der Waals surface area contributed by atoms with Crippen LogP contribution in [-0.2, 0) is 30.4 Å². The van der Waals surface area contributed by atoms with Gasteiger partial charge in [-0.3, -0.25) is 0 Å². The van der Waals surface area contributed by atoms with Crippen LogP contribution in [0, 0.1) is 0 Å². The van der Waals surface area contributed by atoms with Gasteiger partial charge in [0.25, 0.3) is 0 Å². The average molecular weight is 465 g/mol. The summed E-state index contributed by atoms with van der Waals surface area (Å²) in [6.45, 7) is 0. The van der Waals surface area contributed by atoms with E-state index in [1.807, 2.05) is 42.5 Å². The van der Waals surface area contributed by atoms with E-state index in [0.29, 0.717) is 5.56 Å². The lowest BCUT2D eigenvalue weighted by molar-refractivity contribution is 0.0600. The minimum Gasteiger partial charge on any atom is -0.497 e. The molecule has 0 N–H and O–H groups in total. The van der Waals surface area contributed by atoms with E-state index in [4.69, 9.17) is 23.7 Å². The standard InChI is InChI=1S/C28H32O6/c1-30-24-14-20(15-25(18-24)31-2)9-13-23-17-26(32-3)16-22(27(23)33-4)12-8-19-6-10-21(11-7-19)28(29)34-5/h6-7,10-11,14-18H,8-9,12-13H2,1-5H3. The minimum atomic E-state index is -0.334. The lowest BCUT2D eigenvalue weighted by Gasteiger charge is -2.16. The lowest BCUT2D eigenvalue weighted by atomic mass is 9.96. The summed E-state index contributed by atoms with van der Waals surface area (Å²) < 4.78 is 27.0. The molecule has 0 saturated heterocycles. The van der Waals surface area contributed by atoms with Crippen molar-refractivity contribution in [3.05, 3.63) is 82.4 Å². The molecule has 0 atom stereocenters. The summed E-state index contributed by atoms with van der Waals surface area (Å²) in [6.07, 6.45) is 3.15. The predicted octanol–water partition coefficient (Wildman–Crippen LogP) is 5.08. The molecule has 0 spiro atoms. The number of ether oxygens (including phenoxy) is 5. The topological polar surface area (TPSA) is 63.2 Å². The Morgan fingerprint density at radius 2 is 1.09 bits per heavy atom. The molecule has 0 bridgehead atoms. The molecule has 0 heterocycles. The number of methoxy groups -OCH3 is 5. The molecule has 6 nitrogen and oxygen atoms in total. The first-order valence-corrected chi connectivity index (χ1v) is 11.1. The normalized spacial score (nSPS) is 10.5. The Morgan fingerprint density at radius 1 is 0.588 bits per heavy atom. The number of benzene rings is 3. The molecule has 0 saturated carbocycles. The fourth-order valence-electron chi connectivity index (χ4n) is 3.97. The zero-order chi connectivity index (χ0) is 24.5. The third kappa shape index (κ3) is 6.22. The highest BCUT2D eigenvalue weighted by Crippen LogP contribution is 2.32. The number of aryl methyl sites for hydroxylation is 4. The molecule has 0 radical (unpaired) electrons. The SMILES string of the molecule is COC(=O)c1ccc(CCc2cc(OC)cc(CCc3cc(OC)cc(OC)c3)c2OC)cc1. The lowest BCUT2D eigenvalue weighted by Crippen LogP contribution is -2.03. The highest BCUT2D eigenvalue weighted by atomic mass is 16.5. The van der Waals surface area contributed by atoms with E-state index in [-0.39, 0.29) is 5.97 Å². The summed E-state index contributed by atoms with van der Waals surface area (Å²) >= 11 is 0. The maximum absolute atomic E-state index is 11.7. The van der Waals surface area contributed by atoms with Gasteiger partial charge in [0, 0.05) is 6.07 Å². The number of carbonyl (C=O) groups excluding carboxylic acids is 1. The zero-order valence-corrected chi connectivity index (χ0v) is 20.5. The summed E-state index contributed by atoms with van der Waals surface area (Å²) in [5.41, 5.74) is 4.95. The second-order valence-corrected chi connectivity index (χ2v) is 7.89. The monoisotopic (exact) mass is 464 g/mol. The highest BCUT2D eigenvalue weighted by molar-refractivity contribution is 5.89. The molecule has 180 valence electrons. The van der Waals surface area contributed by atoms with Crippen LogP contribution in [0.3, 0.4) is 0 Å². The van der Waals surface area contributed by atoms with Crippen molar-refractivity contribution in [2.24, 2.45) is 0 Å². The molecule has 3 aromatic rings. The molecule has 0 aliphatic rings. The van der Waals surface area contributed by atoms with Crippen molar-refractivity contribution in [1.82, 2.24) is 0 Å². The molecule has 0 unspecified atom stereocenters. The van der Waals surface area contributed by atoms with Gasteiger partial charge >= 0.3 is 5.97 Å². The molecule has 6 heteroatoms. The van der Waals surface area contributed by atoms with E-state index in [0.717, 1.165) is 70.9 Å². The molecular weight excluding hydrogens is 432 g/mol. The van der Waals surface area contributed by atoms with E-state index in [2.05, 4.69) is 0 Å². The van der Waals surface area contributed by atoms with Crippen molar-refractivity contribution in [1.29, 1.82) is 0 Å². The minimum absolute atomic E-state index is 0.334. The number of esters is 1. The van der Waals surface area contributed by atoms with Crippen molar-refractivity contribution < 1.29 is 28.5 Å². The third-order valence-electron chi connectivity index (χ3n) is 5.81. The van der Waals surface area contributed by atoms with Crippen LogP contribution in [0.5, 0.6) is 23.0 Å². The van der Waals surface area contributed by atoms with Crippen LogP contribution in [-0.4, -0.2) is 41.5 Å². The van der Waals surface area contributed by atoms with Gasteiger partial charge in [-0.1, -0.05) is 12.1 Å². The fourth-order valence-corrected chi connectivity index (χ4v) is 3.97. The van der Waals surface area contributed by atoms with Gasteiger partial charge in [-0.05, 0) is 84.3 Å². The van der Waals surface area contributed by atoms with Crippen LogP contribution in [0.1, 0.15) is 32.6 Å². The van der Waals surface area contributed by atoms with Gasteiger partial charge in [0.15, 0.2) is 0 Å². The van der Waals surface area contributed by atoms with Gasteiger partial charge < -0.3 is 23.7 Å². The number of carbonyl (C=O) groups is 1. The summed E-state index contributed by atoms with van der Waals surface area (Å²) in [4.78, 5) is 11.7. The Bertz CT molecular complexity index is 1080. The predicted molar refractivity (Wildman–Crippen MR) is 132 cm³/mol. The van der Waals surface area contributed by atoms with Crippen molar-refractivity contribution in [2.75, 3.05) is 35.5 Å².